The highest BCUT2D eigenvalue weighted by Crippen LogP contribution is 2.19. The van der Waals surface area contributed by atoms with Crippen LogP contribution in [0.15, 0.2) is 36.4 Å². The molecule has 2 aromatic rings. The van der Waals surface area contributed by atoms with E-state index in [1.54, 1.807) is 12.1 Å². The van der Waals surface area contributed by atoms with Crippen molar-refractivity contribution in [1.82, 2.24) is 5.32 Å². The molecule has 0 spiro atoms. The Bertz CT molecular complexity index is 673. The third kappa shape index (κ3) is 4.41. The molecule has 0 amide bonds. The van der Waals surface area contributed by atoms with Crippen LogP contribution in [0.25, 0.3) is 0 Å². The first-order valence-electron chi connectivity index (χ1n) is 6.52. The van der Waals surface area contributed by atoms with Crippen molar-refractivity contribution in [2.75, 3.05) is 5.32 Å². The SMILES string of the molecule is Cc1ccc(F)cc1CNC(=S)Nc1ccc(Cl)cc1C. The van der Waals surface area contributed by atoms with Gasteiger partial charge in [0.05, 0.1) is 0 Å². The summed E-state index contributed by atoms with van der Waals surface area (Å²) in [6.45, 7) is 4.37. The molecular weight excluding hydrogens is 307 g/mol. The monoisotopic (exact) mass is 322 g/mol. The molecule has 2 N–H and O–H groups in total. The fraction of sp³-hybridized carbons (Fsp3) is 0.188. The van der Waals surface area contributed by atoms with Gasteiger partial charge in [-0.05, 0) is 73.1 Å². The van der Waals surface area contributed by atoms with Crippen LogP contribution in [0.5, 0.6) is 0 Å². The molecule has 110 valence electrons. The number of anilines is 1. The quantitative estimate of drug-likeness (QED) is 0.809. The highest BCUT2D eigenvalue weighted by Gasteiger charge is 2.04. The molecule has 0 saturated carbocycles. The predicted molar refractivity (Wildman–Crippen MR) is 90.4 cm³/mol. The van der Waals surface area contributed by atoms with Crippen LogP contribution in [0.3, 0.4) is 0 Å². The summed E-state index contributed by atoms with van der Waals surface area (Å²) < 4.78 is 13.2. The molecule has 0 aromatic heterocycles. The molecule has 0 heterocycles. The number of hydrogen-bond acceptors (Lipinski definition) is 1. The second-order valence-corrected chi connectivity index (χ2v) is 5.68. The van der Waals surface area contributed by atoms with Crippen LogP contribution >= 0.6 is 23.8 Å². The van der Waals surface area contributed by atoms with E-state index in [1.807, 2.05) is 26.0 Å². The lowest BCUT2D eigenvalue weighted by atomic mass is 10.1. The van der Waals surface area contributed by atoms with Crippen molar-refractivity contribution in [3.63, 3.8) is 0 Å². The van der Waals surface area contributed by atoms with Gasteiger partial charge in [0.1, 0.15) is 5.82 Å². The van der Waals surface area contributed by atoms with E-state index in [9.17, 15) is 4.39 Å². The highest BCUT2D eigenvalue weighted by molar-refractivity contribution is 7.80. The molecule has 0 fully saturated rings. The van der Waals surface area contributed by atoms with Gasteiger partial charge < -0.3 is 10.6 Å². The van der Waals surface area contributed by atoms with E-state index in [2.05, 4.69) is 10.6 Å². The topological polar surface area (TPSA) is 24.1 Å². The number of nitrogens with one attached hydrogen (secondary N) is 2. The number of hydrogen-bond donors (Lipinski definition) is 2. The molecule has 0 radical (unpaired) electrons. The van der Waals surface area contributed by atoms with Crippen molar-refractivity contribution in [2.24, 2.45) is 0 Å². The molecule has 2 aromatic carbocycles. The molecule has 2 nitrogen and oxygen atoms in total. The molecule has 5 heteroatoms. The lowest BCUT2D eigenvalue weighted by Gasteiger charge is -2.13. The van der Waals surface area contributed by atoms with Gasteiger partial charge in [-0.2, -0.15) is 0 Å². The van der Waals surface area contributed by atoms with Crippen LogP contribution in [0.2, 0.25) is 5.02 Å². The third-order valence-electron chi connectivity index (χ3n) is 3.19. The molecule has 2 rings (SSSR count). The Kier molecular flexibility index (Phi) is 5.15. The van der Waals surface area contributed by atoms with Crippen molar-refractivity contribution >= 4 is 34.6 Å². The van der Waals surface area contributed by atoms with Gasteiger partial charge in [-0.1, -0.05) is 17.7 Å². The smallest absolute Gasteiger partial charge is 0.171 e. The first-order valence-corrected chi connectivity index (χ1v) is 7.30. The molecule has 0 aliphatic carbocycles. The van der Waals surface area contributed by atoms with Gasteiger partial charge in [0.25, 0.3) is 0 Å². The molecule has 0 aliphatic rings. The lowest BCUT2D eigenvalue weighted by molar-refractivity contribution is 0.624. The summed E-state index contributed by atoms with van der Waals surface area (Å²) in [5, 5.41) is 7.36. The minimum absolute atomic E-state index is 0.246. The maximum absolute atomic E-state index is 13.2. The number of aryl methyl sites for hydroxylation is 2. The fourth-order valence-corrected chi connectivity index (χ4v) is 2.35. The summed E-state index contributed by atoms with van der Waals surface area (Å²) in [5.41, 5.74) is 3.81. The van der Waals surface area contributed by atoms with Crippen molar-refractivity contribution in [3.8, 4) is 0 Å². The van der Waals surface area contributed by atoms with E-state index < -0.39 is 0 Å². The second-order valence-electron chi connectivity index (χ2n) is 4.84. The number of rotatable bonds is 3. The summed E-state index contributed by atoms with van der Waals surface area (Å²) in [7, 11) is 0. The standard InChI is InChI=1S/C16H16ClFN2S/c1-10-3-5-14(18)8-12(10)9-19-16(21)20-15-6-4-13(17)7-11(15)2/h3-8H,9H2,1-2H3,(H2,19,20,21). The van der Waals surface area contributed by atoms with Crippen LogP contribution in [-0.4, -0.2) is 5.11 Å². The lowest BCUT2D eigenvalue weighted by Crippen LogP contribution is -2.28. The van der Waals surface area contributed by atoms with E-state index in [0.29, 0.717) is 16.7 Å². The molecular formula is C16H16ClFN2S. The zero-order chi connectivity index (χ0) is 15.4. The zero-order valence-corrected chi connectivity index (χ0v) is 13.4. The highest BCUT2D eigenvalue weighted by atomic mass is 35.5. The van der Waals surface area contributed by atoms with Crippen molar-refractivity contribution in [2.45, 2.75) is 20.4 Å². The maximum Gasteiger partial charge on any atom is 0.171 e. The van der Waals surface area contributed by atoms with Crippen LogP contribution in [0, 0.1) is 19.7 Å². The largest absolute Gasteiger partial charge is 0.358 e. The van der Waals surface area contributed by atoms with Crippen LogP contribution in [-0.2, 0) is 6.54 Å². The van der Waals surface area contributed by atoms with Gasteiger partial charge in [-0.15, -0.1) is 0 Å². The first-order chi connectivity index (χ1) is 9.95. The van der Waals surface area contributed by atoms with Gasteiger partial charge >= 0.3 is 0 Å². The van der Waals surface area contributed by atoms with Crippen molar-refractivity contribution < 1.29 is 4.39 Å². The Morgan fingerprint density at radius 1 is 1.14 bits per heavy atom. The van der Waals surface area contributed by atoms with Gasteiger partial charge in [-0.25, -0.2) is 4.39 Å². The van der Waals surface area contributed by atoms with Crippen molar-refractivity contribution in [1.29, 1.82) is 0 Å². The zero-order valence-electron chi connectivity index (χ0n) is 11.8. The minimum atomic E-state index is -0.246. The normalized spacial score (nSPS) is 10.3. The summed E-state index contributed by atoms with van der Waals surface area (Å²) in [6.07, 6.45) is 0. The van der Waals surface area contributed by atoms with E-state index >= 15 is 0 Å². The maximum atomic E-state index is 13.2. The summed E-state index contributed by atoms with van der Waals surface area (Å²) in [6, 6.07) is 10.3. The van der Waals surface area contributed by atoms with E-state index in [0.717, 1.165) is 22.4 Å². The van der Waals surface area contributed by atoms with Gasteiger partial charge in [0.15, 0.2) is 5.11 Å². The average molecular weight is 323 g/mol. The Morgan fingerprint density at radius 3 is 2.62 bits per heavy atom. The summed E-state index contributed by atoms with van der Waals surface area (Å²) in [5.74, 6) is -0.246. The molecule has 21 heavy (non-hydrogen) atoms. The van der Waals surface area contributed by atoms with Gasteiger partial charge in [0.2, 0.25) is 0 Å². The second kappa shape index (κ2) is 6.87. The number of benzene rings is 2. The fourth-order valence-electron chi connectivity index (χ4n) is 1.94. The number of halogens is 2. The molecule has 0 bridgehead atoms. The van der Waals surface area contributed by atoms with E-state index in [1.165, 1.54) is 12.1 Å². The summed E-state index contributed by atoms with van der Waals surface area (Å²) >= 11 is 11.2. The van der Waals surface area contributed by atoms with Gasteiger partial charge in [0, 0.05) is 17.3 Å². The van der Waals surface area contributed by atoms with Gasteiger partial charge in [-0.3, -0.25) is 0 Å². The average Bonchev–Trinajstić information content (AvgIpc) is 2.43. The third-order valence-corrected chi connectivity index (χ3v) is 3.67. The molecule has 0 unspecified atom stereocenters. The van der Waals surface area contributed by atoms with Crippen LogP contribution in [0.4, 0.5) is 10.1 Å². The molecule has 0 aliphatic heterocycles. The van der Waals surface area contributed by atoms with Crippen LogP contribution in [0.1, 0.15) is 16.7 Å². The molecule has 0 atom stereocenters. The van der Waals surface area contributed by atoms with E-state index in [4.69, 9.17) is 23.8 Å². The first kappa shape index (κ1) is 15.7. The minimum Gasteiger partial charge on any atom is -0.358 e. The Morgan fingerprint density at radius 2 is 1.90 bits per heavy atom. The predicted octanol–water partition coefficient (Wildman–Crippen LogP) is 4.58. The van der Waals surface area contributed by atoms with Crippen molar-refractivity contribution in [3.05, 3.63) is 63.9 Å². The molecule has 0 saturated heterocycles. The Labute approximate surface area is 134 Å². The Balaban J connectivity index is 1.97. The number of thiocarbonyl (C=S) groups is 1. The van der Waals surface area contributed by atoms with E-state index in [-0.39, 0.29) is 5.82 Å². The van der Waals surface area contributed by atoms with Crippen LogP contribution < -0.4 is 10.6 Å². The Hall–Kier alpha value is -1.65. The summed E-state index contributed by atoms with van der Waals surface area (Å²) in [4.78, 5) is 0.